The maximum atomic E-state index is 15.0. The molecule has 0 aliphatic rings. The summed E-state index contributed by atoms with van der Waals surface area (Å²) in [4.78, 5) is 21.1. The third-order valence-electron chi connectivity index (χ3n) is 6.57. The molecule has 2 amide bonds. The number of amides is 2. The monoisotopic (exact) mass is 628 g/mol. The summed E-state index contributed by atoms with van der Waals surface area (Å²) >= 11 is 1.21. The minimum absolute atomic E-state index is 0.0289. The van der Waals surface area contributed by atoms with E-state index in [1.165, 1.54) is 58.7 Å². The van der Waals surface area contributed by atoms with E-state index in [1.54, 1.807) is 4.57 Å². The Hall–Kier alpha value is -4.85. The Morgan fingerprint density at radius 2 is 1.64 bits per heavy atom. The second-order valence-electron chi connectivity index (χ2n) is 9.78. The molecule has 14 heteroatoms. The summed E-state index contributed by atoms with van der Waals surface area (Å²) in [6.07, 6.45) is -7.99. The average Bonchev–Trinajstić information content (AvgIpc) is 3.60. The van der Waals surface area contributed by atoms with Gasteiger partial charge >= 0.3 is 12.4 Å². The second-order valence-corrected chi connectivity index (χ2v) is 10.6. The van der Waals surface area contributed by atoms with Crippen LogP contribution in [0.4, 0.5) is 26.7 Å². The third-order valence-corrected chi connectivity index (χ3v) is 7.52. The molecule has 0 fully saturated rings. The highest BCUT2D eigenvalue weighted by Gasteiger charge is 2.31. The van der Waals surface area contributed by atoms with Crippen molar-refractivity contribution >= 4 is 17.4 Å². The van der Waals surface area contributed by atoms with Gasteiger partial charge in [-0.1, -0.05) is 42.5 Å². The van der Waals surface area contributed by atoms with Gasteiger partial charge in [0.1, 0.15) is 12.1 Å². The summed E-state index contributed by atoms with van der Waals surface area (Å²) in [6.45, 7) is 5.74. The van der Waals surface area contributed by atoms with E-state index in [1.807, 2.05) is 49.7 Å². The number of rotatable bonds is 7. The Labute approximate surface area is 252 Å². The van der Waals surface area contributed by atoms with Crippen LogP contribution in [0.15, 0.2) is 83.4 Å². The average molecular weight is 629 g/mol. The maximum Gasteiger partial charge on any atom is 0.573 e. The molecule has 0 radical (unpaired) electrons. The number of carbonyl (C=O) groups excluding carboxylic acids is 1. The van der Waals surface area contributed by atoms with Crippen molar-refractivity contribution < 1.29 is 31.5 Å². The van der Waals surface area contributed by atoms with E-state index >= 15 is 4.39 Å². The van der Waals surface area contributed by atoms with Crippen molar-refractivity contribution in [3.63, 3.8) is 0 Å². The van der Waals surface area contributed by atoms with Gasteiger partial charge in [0, 0.05) is 16.6 Å². The molecule has 2 heterocycles. The summed E-state index contributed by atoms with van der Waals surface area (Å²) in [7, 11) is 0. The first-order valence-corrected chi connectivity index (χ1v) is 14.0. The number of hydrogen-bond acceptors (Lipinski definition) is 5. The highest BCUT2D eigenvalue weighted by molar-refractivity contribution is 7.07. The van der Waals surface area contributed by atoms with Crippen LogP contribution in [-0.4, -0.2) is 38.0 Å². The van der Waals surface area contributed by atoms with Crippen LogP contribution in [0.25, 0.3) is 22.8 Å². The van der Waals surface area contributed by atoms with Crippen LogP contribution in [0.3, 0.4) is 0 Å². The zero-order valence-electron chi connectivity index (χ0n) is 23.5. The number of alkyl halides is 5. The second kappa shape index (κ2) is 12.4. The molecule has 8 nitrogen and oxygen atoms in total. The molecular formula is C30H25F5N6O2S. The number of para-hydroxylation sites is 1. The number of hydrogen-bond donors (Lipinski definition) is 1. The number of thiazole rings is 1. The number of nitrogens with one attached hydrogen (secondary N) is 1. The number of urea groups is 1. The van der Waals surface area contributed by atoms with Gasteiger partial charge in [0.25, 0.3) is 0 Å². The van der Waals surface area contributed by atoms with Crippen LogP contribution < -0.4 is 14.9 Å². The van der Waals surface area contributed by atoms with E-state index in [-0.39, 0.29) is 17.1 Å². The number of aryl methyl sites for hydroxylation is 3. The molecule has 0 saturated carbocycles. The lowest BCUT2D eigenvalue weighted by molar-refractivity contribution is -0.274. The Morgan fingerprint density at radius 3 is 2.27 bits per heavy atom. The van der Waals surface area contributed by atoms with Crippen LogP contribution in [0.1, 0.15) is 28.6 Å². The van der Waals surface area contributed by atoms with E-state index in [9.17, 15) is 22.4 Å². The quantitative estimate of drug-likeness (QED) is 0.152. The lowest BCUT2D eigenvalue weighted by atomic mass is 10.1. The van der Waals surface area contributed by atoms with E-state index in [4.69, 9.17) is 0 Å². The van der Waals surface area contributed by atoms with Gasteiger partial charge in [-0.2, -0.15) is 4.99 Å². The van der Waals surface area contributed by atoms with Crippen LogP contribution in [0, 0.1) is 20.8 Å². The smallest absolute Gasteiger partial charge is 0.406 e. The Morgan fingerprint density at radius 1 is 0.977 bits per heavy atom. The first-order valence-electron chi connectivity index (χ1n) is 13.1. The summed E-state index contributed by atoms with van der Waals surface area (Å²) in [5.41, 5.74) is 4.53. The predicted octanol–water partition coefficient (Wildman–Crippen LogP) is 7.23. The molecule has 5 aromatic rings. The number of halogens is 5. The summed E-state index contributed by atoms with van der Waals surface area (Å²) in [5, 5.41) is 8.09. The van der Waals surface area contributed by atoms with Crippen molar-refractivity contribution in [2.45, 2.75) is 39.6 Å². The molecular weight excluding hydrogens is 603 g/mol. The SMILES string of the molecule is Cc1cccc(C)c1-n1c(C)csc1=NC(=O)NC(F)C(F)c1ccc(-c2ncn(-c3ccc(OC(F)(F)F)cc3)n2)cc1. The lowest BCUT2D eigenvalue weighted by Crippen LogP contribution is -2.34. The van der Waals surface area contributed by atoms with Gasteiger partial charge in [-0.25, -0.2) is 23.2 Å². The van der Waals surface area contributed by atoms with Crippen LogP contribution >= 0.6 is 11.3 Å². The molecule has 0 aliphatic heterocycles. The van der Waals surface area contributed by atoms with Gasteiger partial charge in [0.05, 0.1) is 11.4 Å². The van der Waals surface area contributed by atoms with Crippen molar-refractivity contribution in [2.75, 3.05) is 0 Å². The lowest BCUT2D eigenvalue weighted by Gasteiger charge is -2.15. The normalized spacial score (nSPS) is 13.5. The van der Waals surface area contributed by atoms with Crippen molar-refractivity contribution in [3.8, 4) is 28.5 Å². The number of aromatic nitrogens is 4. The van der Waals surface area contributed by atoms with Gasteiger partial charge in [-0.15, -0.1) is 29.6 Å². The molecule has 0 saturated heterocycles. The molecule has 0 aliphatic carbocycles. The zero-order valence-corrected chi connectivity index (χ0v) is 24.3. The fraction of sp³-hybridized carbons (Fsp3) is 0.200. The molecule has 2 unspecified atom stereocenters. The fourth-order valence-electron chi connectivity index (χ4n) is 4.52. The first kappa shape index (κ1) is 30.6. The highest BCUT2D eigenvalue weighted by Crippen LogP contribution is 2.27. The van der Waals surface area contributed by atoms with Crippen molar-refractivity contribution in [3.05, 3.63) is 106 Å². The summed E-state index contributed by atoms with van der Waals surface area (Å²) in [5.74, 6) is -0.133. The summed E-state index contributed by atoms with van der Waals surface area (Å²) < 4.78 is 74.1. The highest BCUT2D eigenvalue weighted by atomic mass is 32.1. The van der Waals surface area contributed by atoms with E-state index in [2.05, 4.69) is 19.8 Å². The molecule has 3 aromatic carbocycles. The van der Waals surface area contributed by atoms with Gasteiger partial charge in [0.2, 0.25) is 6.30 Å². The van der Waals surface area contributed by atoms with E-state index in [0.29, 0.717) is 16.1 Å². The number of benzene rings is 3. The number of ether oxygens (including phenoxy) is 1. The van der Waals surface area contributed by atoms with Gasteiger partial charge < -0.3 is 10.1 Å². The molecule has 2 aromatic heterocycles. The summed E-state index contributed by atoms with van der Waals surface area (Å²) in [6, 6.07) is 15.5. The minimum Gasteiger partial charge on any atom is -0.406 e. The van der Waals surface area contributed by atoms with Crippen molar-refractivity contribution in [2.24, 2.45) is 4.99 Å². The topological polar surface area (TPSA) is 86.3 Å². The molecule has 1 N–H and O–H groups in total. The molecule has 5 rings (SSSR count). The van der Waals surface area contributed by atoms with Crippen LogP contribution in [0.2, 0.25) is 0 Å². The standard InChI is InChI=1S/C30H25F5N6O2S/c1-17-5-4-6-18(2)25(17)41-19(3)15-44-29(41)38-28(42)37-26(32)24(31)20-7-9-21(10-8-20)27-36-16-40(39-27)22-11-13-23(14-12-22)43-30(33,34)35/h4-16,24,26H,1-3H3,(H,37,42). The van der Waals surface area contributed by atoms with Gasteiger partial charge in [-0.05, 0) is 61.7 Å². The van der Waals surface area contributed by atoms with Crippen LogP contribution in [-0.2, 0) is 0 Å². The minimum atomic E-state index is -4.80. The molecule has 44 heavy (non-hydrogen) atoms. The Balaban J connectivity index is 1.26. The molecule has 228 valence electrons. The predicted molar refractivity (Wildman–Crippen MR) is 154 cm³/mol. The fourth-order valence-corrected chi connectivity index (χ4v) is 5.37. The van der Waals surface area contributed by atoms with Crippen molar-refractivity contribution in [1.82, 2.24) is 24.6 Å². The van der Waals surface area contributed by atoms with Gasteiger partial charge in [-0.3, -0.25) is 4.57 Å². The largest absolute Gasteiger partial charge is 0.573 e. The number of nitrogens with zero attached hydrogens (tertiary/aromatic N) is 5. The van der Waals surface area contributed by atoms with Crippen LogP contribution in [0.5, 0.6) is 5.75 Å². The Kier molecular flexibility index (Phi) is 8.63. The van der Waals surface area contributed by atoms with Gasteiger partial charge in [0.15, 0.2) is 16.8 Å². The number of carbonyl (C=O) groups is 1. The Bertz CT molecular complexity index is 1830. The van der Waals surface area contributed by atoms with E-state index < -0.39 is 24.9 Å². The molecule has 0 bridgehead atoms. The van der Waals surface area contributed by atoms with Crippen molar-refractivity contribution in [1.29, 1.82) is 0 Å². The van der Waals surface area contributed by atoms with E-state index in [0.717, 1.165) is 34.6 Å². The molecule has 2 atom stereocenters. The zero-order chi connectivity index (χ0) is 31.6. The molecule has 0 spiro atoms. The first-order chi connectivity index (χ1) is 20.9. The third kappa shape index (κ3) is 6.86. The maximum absolute atomic E-state index is 15.0.